The highest BCUT2D eigenvalue weighted by Crippen LogP contribution is 2.23. The molecule has 0 N–H and O–H groups in total. The number of benzene rings is 1. The van der Waals surface area contributed by atoms with Crippen molar-refractivity contribution in [3.05, 3.63) is 42.6 Å². The maximum absolute atomic E-state index is 14.0. The van der Waals surface area contributed by atoms with Gasteiger partial charge in [-0.05, 0) is 12.1 Å². The van der Waals surface area contributed by atoms with E-state index in [1.165, 1.54) is 6.07 Å². The number of anilines is 2. The number of hydrogen-bond donors (Lipinski definition) is 0. The summed E-state index contributed by atoms with van der Waals surface area (Å²) in [6.45, 7) is 6.15. The van der Waals surface area contributed by atoms with Crippen LogP contribution in [0.1, 0.15) is 0 Å². The van der Waals surface area contributed by atoms with Crippen LogP contribution in [0.4, 0.5) is 15.9 Å². The second kappa shape index (κ2) is 8.70. The normalized spacial score (nSPS) is 17.9. The van der Waals surface area contributed by atoms with Crippen molar-refractivity contribution in [1.29, 1.82) is 0 Å². The number of nitrogens with zero attached hydrogens (tertiary/aromatic N) is 8. The lowest BCUT2D eigenvalue weighted by Gasteiger charge is -2.39. The van der Waals surface area contributed by atoms with E-state index in [2.05, 4.69) is 24.9 Å². The van der Waals surface area contributed by atoms with Crippen molar-refractivity contribution in [2.24, 2.45) is 7.05 Å². The molecule has 4 heterocycles. The first-order valence-electron chi connectivity index (χ1n) is 11.0. The SMILES string of the molecule is Cn1ncc2c(N3CCN(CC(=O)N4CCN(c5ccccc5F)CC4)CC3)ncnc21. The lowest BCUT2D eigenvalue weighted by Crippen LogP contribution is -2.54. The first-order valence-corrected chi connectivity index (χ1v) is 11.0. The Morgan fingerprint density at radius 3 is 2.44 bits per heavy atom. The van der Waals surface area contributed by atoms with Crippen molar-refractivity contribution in [2.45, 2.75) is 0 Å². The number of hydrogen-bond acceptors (Lipinski definition) is 7. The minimum absolute atomic E-state index is 0.142. The van der Waals surface area contributed by atoms with Crippen molar-refractivity contribution in [1.82, 2.24) is 29.5 Å². The number of carbonyl (C=O) groups excluding carboxylic acids is 1. The van der Waals surface area contributed by atoms with E-state index in [1.54, 1.807) is 23.1 Å². The summed E-state index contributed by atoms with van der Waals surface area (Å²) in [6, 6.07) is 6.81. The number of para-hydroxylation sites is 1. The number of carbonyl (C=O) groups is 1. The number of aryl methyl sites for hydroxylation is 1. The van der Waals surface area contributed by atoms with Crippen LogP contribution in [0.25, 0.3) is 11.0 Å². The summed E-state index contributed by atoms with van der Waals surface area (Å²) in [7, 11) is 1.87. The summed E-state index contributed by atoms with van der Waals surface area (Å²) in [5.41, 5.74) is 1.44. The molecular formula is C22H27FN8O. The van der Waals surface area contributed by atoms with E-state index in [1.807, 2.05) is 29.1 Å². The van der Waals surface area contributed by atoms with Gasteiger partial charge in [0.15, 0.2) is 5.65 Å². The summed E-state index contributed by atoms with van der Waals surface area (Å²) in [5, 5.41) is 5.24. The minimum Gasteiger partial charge on any atom is -0.366 e. The first kappa shape index (κ1) is 20.6. The molecule has 32 heavy (non-hydrogen) atoms. The zero-order valence-corrected chi connectivity index (χ0v) is 18.2. The van der Waals surface area contributed by atoms with E-state index in [4.69, 9.17) is 0 Å². The van der Waals surface area contributed by atoms with Crippen molar-refractivity contribution in [2.75, 3.05) is 68.7 Å². The van der Waals surface area contributed by atoms with Gasteiger partial charge in [-0.2, -0.15) is 5.10 Å². The Balaban J connectivity index is 1.13. The van der Waals surface area contributed by atoms with Crippen LogP contribution in [-0.4, -0.2) is 94.4 Å². The Bertz CT molecular complexity index is 1100. The fourth-order valence-electron chi connectivity index (χ4n) is 4.52. The van der Waals surface area contributed by atoms with Gasteiger partial charge < -0.3 is 14.7 Å². The fourth-order valence-corrected chi connectivity index (χ4v) is 4.52. The molecule has 2 fully saturated rings. The predicted molar refractivity (Wildman–Crippen MR) is 120 cm³/mol. The van der Waals surface area contributed by atoms with Crippen LogP contribution in [-0.2, 0) is 11.8 Å². The third kappa shape index (κ3) is 3.97. The maximum Gasteiger partial charge on any atom is 0.236 e. The quantitative estimate of drug-likeness (QED) is 0.601. The van der Waals surface area contributed by atoms with Gasteiger partial charge in [-0.15, -0.1) is 0 Å². The molecule has 0 bridgehead atoms. The molecule has 0 radical (unpaired) electrons. The van der Waals surface area contributed by atoms with E-state index >= 15 is 0 Å². The molecular weight excluding hydrogens is 411 g/mol. The molecule has 0 unspecified atom stereocenters. The monoisotopic (exact) mass is 438 g/mol. The third-order valence-electron chi connectivity index (χ3n) is 6.36. The highest BCUT2D eigenvalue weighted by atomic mass is 19.1. The first-order chi connectivity index (χ1) is 15.6. The van der Waals surface area contributed by atoms with Gasteiger partial charge in [-0.25, -0.2) is 14.4 Å². The zero-order valence-electron chi connectivity index (χ0n) is 18.2. The molecule has 2 aliphatic heterocycles. The van der Waals surface area contributed by atoms with Gasteiger partial charge in [-0.3, -0.25) is 14.4 Å². The highest BCUT2D eigenvalue weighted by molar-refractivity contribution is 5.86. The Morgan fingerprint density at radius 1 is 0.969 bits per heavy atom. The van der Waals surface area contributed by atoms with Crippen LogP contribution in [0.2, 0.25) is 0 Å². The molecule has 1 amide bonds. The van der Waals surface area contributed by atoms with Gasteiger partial charge in [0.1, 0.15) is 18.0 Å². The van der Waals surface area contributed by atoms with Crippen LogP contribution >= 0.6 is 0 Å². The average Bonchev–Trinajstić information content (AvgIpc) is 3.21. The number of fused-ring (bicyclic) bond motifs is 1. The predicted octanol–water partition coefficient (Wildman–Crippen LogP) is 0.973. The van der Waals surface area contributed by atoms with Crippen LogP contribution in [0, 0.1) is 5.82 Å². The molecule has 2 saturated heterocycles. The summed E-state index contributed by atoms with van der Waals surface area (Å²) in [6.07, 6.45) is 3.39. The van der Waals surface area contributed by atoms with Crippen molar-refractivity contribution in [3.8, 4) is 0 Å². The van der Waals surface area contributed by atoms with Gasteiger partial charge in [0.2, 0.25) is 5.91 Å². The molecule has 0 spiro atoms. The van der Waals surface area contributed by atoms with E-state index in [0.717, 1.165) is 43.0 Å². The average molecular weight is 439 g/mol. The number of piperazine rings is 2. The van der Waals surface area contributed by atoms with Crippen LogP contribution < -0.4 is 9.80 Å². The number of amides is 1. The van der Waals surface area contributed by atoms with Crippen molar-refractivity contribution in [3.63, 3.8) is 0 Å². The summed E-state index contributed by atoms with van der Waals surface area (Å²) < 4.78 is 15.8. The number of rotatable bonds is 4. The molecule has 3 aromatic rings. The fraction of sp³-hybridized carbons (Fsp3) is 0.455. The molecule has 2 aliphatic rings. The molecule has 0 saturated carbocycles. The Kier molecular flexibility index (Phi) is 5.60. The second-order valence-corrected chi connectivity index (χ2v) is 8.29. The van der Waals surface area contributed by atoms with Gasteiger partial charge in [0.05, 0.1) is 23.8 Å². The van der Waals surface area contributed by atoms with Gasteiger partial charge >= 0.3 is 0 Å². The standard InChI is InChI=1S/C22H27FN8O/c1-27-21-17(14-26-27)22(25-16-24-21)31-8-6-28(7-9-31)15-20(32)30-12-10-29(11-13-30)19-5-3-2-4-18(19)23/h2-5,14,16H,6-13,15H2,1H3. The number of aromatic nitrogens is 4. The molecule has 1 aromatic carbocycles. The van der Waals surface area contributed by atoms with Crippen LogP contribution in [0.5, 0.6) is 0 Å². The van der Waals surface area contributed by atoms with Gasteiger partial charge in [0, 0.05) is 59.4 Å². The lowest BCUT2D eigenvalue weighted by atomic mass is 10.2. The van der Waals surface area contributed by atoms with Gasteiger partial charge in [-0.1, -0.05) is 12.1 Å². The summed E-state index contributed by atoms with van der Waals surface area (Å²) in [4.78, 5) is 30.0. The zero-order chi connectivity index (χ0) is 22.1. The van der Waals surface area contributed by atoms with Crippen LogP contribution in [0.3, 0.4) is 0 Å². The third-order valence-corrected chi connectivity index (χ3v) is 6.36. The summed E-state index contributed by atoms with van der Waals surface area (Å²) in [5.74, 6) is 0.832. The molecule has 9 nitrogen and oxygen atoms in total. The Morgan fingerprint density at radius 2 is 1.69 bits per heavy atom. The molecule has 10 heteroatoms. The minimum atomic E-state index is -0.211. The van der Waals surface area contributed by atoms with Crippen LogP contribution in [0.15, 0.2) is 36.8 Å². The summed E-state index contributed by atoms with van der Waals surface area (Å²) >= 11 is 0. The largest absolute Gasteiger partial charge is 0.366 e. The molecule has 0 aliphatic carbocycles. The smallest absolute Gasteiger partial charge is 0.236 e. The highest BCUT2D eigenvalue weighted by Gasteiger charge is 2.26. The molecule has 168 valence electrons. The Hall–Kier alpha value is -3.27. The maximum atomic E-state index is 14.0. The Labute approximate surface area is 186 Å². The molecule has 0 atom stereocenters. The van der Waals surface area contributed by atoms with Crippen molar-refractivity contribution < 1.29 is 9.18 Å². The second-order valence-electron chi connectivity index (χ2n) is 8.29. The van der Waals surface area contributed by atoms with E-state index in [-0.39, 0.29) is 11.7 Å². The molecule has 5 rings (SSSR count). The van der Waals surface area contributed by atoms with Gasteiger partial charge in [0.25, 0.3) is 0 Å². The number of halogens is 1. The van der Waals surface area contributed by atoms with E-state index in [0.29, 0.717) is 38.4 Å². The molecule has 2 aromatic heterocycles. The van der Waals surface area contributed by atoms with E-state index in [9.17, 15) is 9.18 Å². The topological polar surface area (TPSA) is 73.6 Å². The lowest BCUT2D eigenvalue weighted by molar-refractivity contribution is -0.132. The van der Waals surface area contributed by atoms with Crippen molar-refractivity contribution >= 4 is 28.4 Å². The van der Waals surface area contributed by atoms with E-state index < -0.39 is 0 Å².